The Labute approximate surface area is 94.7 Å². The third-order valence-electron chi connectivity index (χ3n) is 2.21. The quantitative estimate of drug-likeness (QED) is 0.742. The minimum atomic E-state index is -1.03. The highest BCUT2D eigenvalue weighted by molar-refractivity contribution is 5.86. The van der Waals surface area contributed by atoms with Gasteiger partial charge in [-0.15, -0.1) is 12.3 Å². The second-order valence-corrected chi connectivity index (χ2v) is 3.39. The van der Waals surface area contributed by atoms with E-state index in [-0.39, 0.29) is 11.7 Å². The zero-order chi connectivity index (χ0) is 12.0. The molecule has 16 heavy (non-hydrogen) atoms. The summed E-state index contributed by atoms with van der Waals surface area (Å²) in [7, 11) is 0. The summed E-state index contributed by atoms with van der Waals surface area (Å²) in [5.41, 5.74) is 0.759. The number of terminal acetylenes is 1. The molecular formula is C12H14N2O2. The Morgan fingerprint density at radius 3 is 3.06 bits per heavy atom. The van der Waals surface area contributed by atoms with E-state index in [1.165, 1.54) is 12.3 Å². The molecule has 0 spiro atoms. The summed E-state index contributed by atoms with van der Waals surface area (Å²) in [5.74, 6) is 1.55. The van der Waals surface area contributed by atoms with Gasteiger partial charge in [0.1, 0.15) is 5.69 Å². The Hall–Kier alpha value is -2.02. The largest absolute Gasteiger partial charge is 0.477 e. The minimum Gasteiger partial charge on any atom is -0.477 e. The smallest absolute Gasteiger partial charge is 0.354 e. The molecule has 1 heterocycles. The van der Waals surface area contributed by atoms with Crippen LogP contribution in [-0.4, -0.2) is 22.1 Å². The molecule has 0 saturated heterocycles. The van der Waals surface area contributed by atoms with Gasteiger partial charge in [-0.25, -0.2) is 9.78 Å². The molecule has 0 aliphatic carbocycles. The van der Waals surface area contributed by atoms with Crippen molar-refractivity contribution < 1.29 is 9.90 Å². The van der Waals surface area contributed by atoms with Gasteiger partial charge in [0.15, 0.2) is 0 Å². The van der Waals surface area contributed by atoms with Crippen molar-refractivity contribution in [3.8, 4) is 12.3 Å². The summed E-state index contributed by atoms with van der Waals surface area (Å²) in [6.45, 7) is 2.02. The minimum absolute atomic E-state index is 0.0283. The van der Waals surface area contributed by atoms with Crippen LogP contribution in [-0.2, 0) is 0 Å². The summed E-state index contributed by atoms with van der Waals surface area (Å²) < 4.78 is 0. The van der Waals surface area contributed by atoms with E-state index >= 15 is 0 Å². The lowest BCUT2D eigenvalue weighted by atomic mass is 10.1. The molecule has 4 nitrogen and oxygen atoms in total. The van der Waals surface area contributed by atoms with Gasteiger partial charge in [-0.2, -0.15) is 0 Å². The summed E-state index contributed by atoms with van der Waals surface area (Å²) in [6, 6.07) is 3.39. The Morgan fingerprint density at radius 2 is 2.50 bits per heavy atom. The van der Waals surface area contributed by atoms with E-state index in [0.717, 1.165) is 12.1 Å². The number of carboxylic acid groups (broad SMARTS) is 1. The molecule has 0 bridgehead atoms. The van der Waals surface area contributed by atoms with Gasteiger partial charge in [0, 0.05) is 24.3 Å². The van der Waals surface area contributed by atoms with Crippen LogP contribution in [0.4, 0.5) is 5.69 Å². The van der Waals surface area contributed by atoms with Crippen molar-refractivity contribution in [3.63, 3.8) is 0 Å². The number of aromatic carboxylic acids is 1. The lowest BCUT2D eigenvalue weighted by Gasteiger charge is -2.15. The summed E-state index contributed by atoms with van der Waals surface area (Å²) in [4.78, 5) is 14.4. The van der Waals surface area contributed by atoms with Crippen LogP contribution in [0.25, 0.3) is 0 Å². The Morgan fingerprint density at radius 1 is 1.75 bits per heavy atom. The topological polar surface area (TPSA) is 62.2 Å². The van der Waals surface area contributed by atoms with Crippen LogP contribution in [0.2, 0.25) is 0 Å². The number of pyridine rings is 1. The van der Waals surface area contributed by atoms with Gasteiger partial charge in [0.25, 0.3) is 0 Å². The van der Waals surface area contributed by atoms with Crippen LogP contribution in [0.15, 0.2) is 18.3 Å². The molecule has 1 aromatic rings. The zero-order valence-electron chi connectivity index (χ0n) is 9.10. The maximum Gasteiger partial charge on any atom is 0.354 e. The van der Waals surface area contributed by atoms with E-state index < -0.39 is 5.97 Å². The maximum atomic E-state index is 10.7. The molecule has 4 heteroatoms. The van der Waals surface area contributed by atoms with Crippen molar-refractivity contribution in [2.24, 2.45) is 0 Å². The molecular weight excluding hydrogens is 204 g/mol. The number of aromatic nitrogens is 1. The highest BCUT2D eigenvalue weighted by atomic mass is 16.4. The average Bonchev–Trinajstić information content (AvgIpc) is 2.29. The zero-order valence-corrected chi connectivity index (χ0v) is 9.10. The lowest BCUT2D eigenvalue weighted by molar-refractivity contribution is 0.0690. The number of rotatable bonds is 5. The second kappa shape index (κ2) is 5.76. The molecule has 0 aliphatic rings. The van der Waals surface area contributed by atoms with Crippen LogP contribution in [0, 0.1) is 12.3 Å². The SMILES string of the molecule is C#CCC(CC)Nc1ccnc(C(=O)O)c1. The third kappa shape index (κ3) is 3.28. The first kappa shape index (κ1) is 12.1. The standard InChI is InChI=1S/C12H14N2O2/c1-3-5-9(4-2)14-10-6-7-13-11(8-10)12(15)16/h1,6-9H,4-5H2,2H3,(H,13,14)(H,15,16). The number of carbonyl (C=O) groups is 1. The molecule has 0 fully saturated rings. The monoisotopic (exact) mass is 218 g/mol. The van der Waals surface area contributed by atoms with E-state index in [1.54, 1.807) is 6.07 Å². The fourth-order valence-corrected chi connectivity index (χ4v) is 1.31. The van der Waals surface area contributed by atoms with Crippen LogP contribution >= 0.6 is 0 Å². The number of nitrogens with one attached hydrogen (secondary N) is 1. The van der Waals surface area contributed by atoms with Gasteiger partial charge in [-0.05, 0) is 18.6 Å². The molecule has 1 rings (SSSR count). The van der Waals surface area contributed by atoms with Crippen molar-refractivity contribution in [2.45, 2.75) is 25.8 Å². The fourth-order valence-electron chi connectivity index (χ4n) is 1.31. The molecule has 0 amide bonds. The van der Waals surface area contributed by atoms with Gasteiger partial charge < -0.3 is 10.4 Å². The van der Waals surface area contributed by atoms with Gasteiger partial charge in [0.05, 0.1) is 0 Å². The molecule has 0 aromatic carbocycles. The number of hydrogen-bond acceptors (Lipinski definition) is 3. The molecule has 0 radical (unpaired) electrons. The summed E-state index contributed by atoms with van der Waals surface area (Å²) in [5, 5.41) is 12.0. The van der Waals surface area contributed by atoms with Crippen LogP contribution in [0.5, 0.6) is 0 Å². The number of carboxylic acids is 1. The number of nitrogens with zero attached hydrogens (tertiary/aromatic N) is 1. The highest BCUT2D eigenvalue weighted by Gasteiger charge is 2.08. The molecule has 2 N–H and O–H groups in total. The molecule has 1 atom stereocenters. The van der Waals surface area contributed by atoms with Crippen molar-refractivity contribution in [3.05, 3.63) is 24.0 Å². The van der Waals surface area contributed by atoms with E-state index in [0.29, 0.717) is 6.42 Å². The summed E-state index contributed by atoms with van der Waals surface area (Å²) >= 11 is 0. The average molecular weight is 218 g/mol. The number of hydrogen-bond donors (Lipinski definition) is 2. The summed E-state index contributed by atoms with van der Waals surface area (Å²) in [6.07, 6.45) is 8.20. The normalized spacial score (nSPS) is 11.5. The van der Waals surface area contributed by atoms with Crippen molar-refractivity contribution in [1.82, 2.24) is 4.98 Å². The van der Waals surface area contributed by atoms with Gasteiger partial charge in [-0.1, -0.05) is 6.92 Å². The molecule has 0 aliphatic heterocycles. The van der Waals surface area contributed by atoms with Gasteiger partial charge in [0.2, 0.25) is 0 Å². The first-order chi connectivity index (χ1) is 7.67. The van der Waals surface area contributed by atoms with E-state index in [1.807, 2.05) is 6.92 Å². The van der Waals surface area contributed by atoms with Crippen LogP contribution in [0.3, 0.4) is 0 Å². The lowest BCUT2D eigenvalue weighted by Crippen LogP contribution is -2.18. The molecule has 84 valence electrons. The van der Waals surface area contributed by atoms with Crippen LogP contribution < -0.4 is 5.32 Å². The second-order valence-electron chi connectivity index (χ2n) is 3.39. The first-order valence-corrected chi connectivity index (χ1v) is 5.06. The highest BCUT2D eigenvalue weighted by Crippen LogP contribution is 2.12. The Bertz CT molecular complexity index is 410. The van der Waals surface area contributed by atoms with Crippen LogP contribution in [0.1, 0.15) is 30.3 Å². The van der Waals surface area contributed by atoms with E-state index in [9.17, 15) is 4.79 Å². The number of anilines is 1. The molecule has 1 unspecified atom stereocenters. The van der Waals surface area contributed by atoms with Crippen molar-refractivity contribution >= 4 is 11.7 Å². The van der Waals surface area contributed by atoms with E-state index in [2.05, 4.69) is 16.2 Å². The Balaban J connectivity index is 2.77. The Kier molecular flexibility index (Phi) is 4.34. The fraction of sp³-hybridized carbons (Fsp3) is 0.333. The molecule has 1 aromatic heterocycles. The molecule has 0 saturated carbocycles. The third-order valence-corrected chi connectivity index (χ3v) is 2.21. The first-order valence-electron chi connectivity index (χ1n) is 5.06. The van der Waals surface area contributed by atoms with E-state index in [4.69, 9.17) is 11.5 Å². The maximum absolute atomic E-state index is 10.7. The predicted octanol–water partition coefficient (Wildman–Crippen LogP) is 1.99. The van der Waals surface area contributed by atoms with Gasteiger partial charge >= 0.3 is 5.97 Å². The predicted molar refractivity (Wildman–Crippen MR) is 62.3 cm³/mol. The van der Waals surface area contributed by atoms with Crippen molar-refractivity contribution in [1.29, 1.82) is 0 Å². The van der Waals surface area contributed by atoms with Crippen molar-refractivity contribution in [2.75, 3.05) is 5.32 Å². The van der Waals surface area contributed by atoms with Gasteiger partial charge in [-0.3, -0.25) is 0 Å².